The molecule has 0 unspecified atom stereocenters. The molecule has 0 saturated heterocycles. The Labute approximate surface area is 108 Å². The van der Waals surface area contributed by atoms with E-state index < -0.39 is 0 Å². The van der Waals surface area contributed by atoms with Gasteiger partial charge >= 0.3 is 0 Å². The van der Waals surface area contributed by atoms with Crippen LogP contribution >= 0.6 is 15.9 Å². The molecule has 0 saturated carbocycles. The van der Waals surface area contributed by atoms with Crippen LogP contribution in [0, 0.1) is 20.8 Å². The first-order valence-corrected chi connectivity index (χ1v) is 6.42. The number of halogens is 1. The predicted molar refractivity (Wildman–Crippen MR) is 74.6 cm³/mol. The van der Waals surface area contributed by atoms with E-state index >= 15 is 0 Å². The van der Waals surface area contributed by atoms with E-state index in [2.05, 4.69) is 63.4 Å². The van der Waals surface area contributed by atoms with Crippen LogP contribution in [0.1, 0.15) is 16.8 Å². The average molecular weight is 289 g/mol. The van der Waals surface area contributed by atoms with E-state index in [9.17, 15) is 0 Å². The molecule has 0 spiro atoms. The number of imidazole rings is 1. The molecule has 0 radical (unpaired) electrons. The van der Waals surface area contributed by atoms with E-state index in [4.69, 9.17) is 0 Å². The lowest BCUT2D eigenvalue weighted by Crippen LogP contribution is -1.93. The van der Waals surface area contributed by atoms with E-state index in [1.54, 1.807) is 0 Å². The standard InChI is InChI=1S/C14H13BrN2/c1-8-5-4-6-11-9(2)7-12-16-10(3)14(15)17(12)13(8)11/h4-7H,1-3H3. The highest BCUT2D eigenvalue weighted by Crippen LogP contribution is 2.28. The minimum atomic E-state index is 1.01. The summed E-state index contributed by atoms with van der Waals surface area (Å²) in [4.78, 5) is 4.58. The second kappa shape index (κ2) is 3.57. The molecule has 0 aliphatic heterocycles. The summed E-state index contributed by atoms with van der Waals surface area (Å²) in [7, 11) is 0. The van der Waals surface area contributed by atoms with E-state index in [0.717, 1.165) is 15.9 Å². The Morgan fingerprint density at radius 3 is 2.65 bits per heavy atom. The van der Waals surface area contributed by atoms with Crippen LogP contribution < -0.4 is 0 Å². The van der Waals surface area contributed by atoms with Crippen molar-refractivity contribution in [3.8, 4) is 0 Å². The highest BCUT2D eigenvalue weighted by atomic mass is 79.9. The van der Waals surface area contributed by atoms with Crippen LogP contribution in [0.2, 0.25) is 0 Å². The van der Waals surface area contributed by atoms with E-state index in [0.29, 0.717) is 0 Å². The van der Waals surface area contributed by atoms with Crippen LogP contribution in [0.5, 0.6) is 0 Å². The minimum Gasteiger partial charge on any atom is -0.286 e. The number of pyridine rings is 1. The Kier molecular flexibility index (Phi) is 2.26. The fourth-order valence-corrected chi connectivity index (χ4v) is 2.83. The fraction of sp³-hybridized carbons (Fsp3) is 0.214. The molecule has 2 heterocycles. The van der Waals surface area contributed by atoms with E-state index in [1.807, 2.05) is 6.92 Å². The molecular weight excluding hydrogens is 276 g/mol. The second-order valence-electron chi connectivity index (χ2n) is 4.48. The van der Waals surface area contributed by atoms with Crippen LogP contribution in [0.3, 0.4) is 0 Å². The van der Waals surface area contributed by atoms with Gasteiger partial charge < -0.3 is 0 Å². The maximum atomic E-state index is 4.58. The van der Waals surface area contributed by atoms with Gasteiger partial charge in [-0.3, -0.25) is 4.40 Å². The largest absolute Gasteiger partial charge is 0.286 e. The number of para-hydroxylation sites is 1. The van der Waals surface area contributed by atoms with Gasteiger partial charge in [0.2, 0.25) is 0 Å². The Morgan fingerprint density at radius 2 is 1.88 bits per heavy atom. The van der Waals surface area contributed by atoms with Crippen LogP contribution in [0.15, 0.2) is 28.9 Å². The van der Waals surface area contributed by atoms with Gasteiger partial charge in [-0.15, -0.1) is 0 Å². The molecule has 0 atom stereocenters. The number of fused-ring (bicyclic) bond motifs is 3. The molecule has 0 N–H and O–H groups in total. The zero-order valence-corrected chi connectivity index (χ0v) is 11.7. The third kappa shape index (κ3) is 1.42. The number of aromatic nitrogens is 2. The maximum absolute atomic E-state index is 4.58. The highest BCUT2D eigenvalue weighted by Gasteiger charge is 2.12. The SMILES string of the molecule is Cc1nc2cc(C)c3cccc(C)c3n2c1Br. The third-order valence-electron chi connectivity index (χ3n) is 3.24. The normalized spacial score (nSPS) is 11.5. The van der Waals surface area contributed by atoms with Crippen LogP contribution in [0.4, 0.5) is 0 Å². The zero-order valence-electron chi connectivity index (χ0n) is 10.1. The molecule has 0 amide bonds. The van der Waals surface area contributed by atoms with Gasteiger partial charge in [0.1, 0.15) is 10.3 Å². The van der Waals surface area contributed by atoms with Gasteiger partial charge in [0.05, 0.1) is 11.2 Å². The van der Waals surface area contributed by atoms with Crippen LogP contribution in [-0.2, 0) is 0 Å². The third-order valence-corrected chi connectivity index (χ3v) is 4.17. The van der Waals surface area contributed by atoms with Gasteiger partial charge in [0.15, 0.2) is 0 Å². The Balaban J connectivity index is 2.70. The van der Waals surface area contributed by atoms with Crippen molar-refractivity contribution < 1.29 is 0 Å². The van der Waals surface area contributed by atoms with Gasteiger partial charge in [-0.05, 0) is 53.9 Å². The Morgan fingerprint density at radius 1 is 1.12 bits per heavy atom. The molecule has 1 aromatic carbocycles. The molecular formula is C14H13BrN2. The quantitative estimate of drug-likeness (QED) is 0.607. The molecule has 2 aromatic heterocycles. The summed E-state index contributed by atoms with van der Waals surface area (Å²) in [6.45, 7) is 6.30. The summed E-state index contributed by atoms with van der Waals surface area (Å²) in [5.74, 6) is 0. The van der Waals surface area contributed by atoms with Gasteiger partial charge in [-0.25, -0.2) is 4.98 Å². The van der Waals surface area contributed by atoms with E-state index in [1.165, 1.54) is 22.0 Å². The lowest BCUT2D eigenvalue weighted by atomic mass is 10.1. The molecule has 86 valence electrons. The molecule has 3 rings (SSSR count). The molecule has 3 heteroatoms. The fourth-order valence-electron chi connectivity index (χ4n) is 2.39. The topological polar surface area (TPSA) is 17.3 Å². The number of aryl methyl sites for hydroxylation is 3. The summed E-state index contributed by atoms with van der Waals surface area (Å²) in [6, 6.07) is 8.55. The molecule has 0 fully saturated rings. The number of benzene rings is 1. The highest BCUT2D eigenvalue weighted by molar-refractivity contribution is 9.10. The first-order chi connectivity index (χ1) is 8.09. The molecule has 0 aliphatic carbocycles. The van der Waals surface area contributed by atoms with Gasteiger partial charge in [0, 0.05) is 5.39 Å². The molecule has 0 bridgehead atoms. The maximum Gasteiger partial charge on any atom is 0.138 e. The van der Waals surface area contributed by atoms with Gasteiger partial charge in [-0.2, -0.15) is 0 Å². The van der Waals surface area contributed by atoms with Crippen molar-refractivity contribution in [2.75, 3.05) is 0 Å². The van der Waals surface area contributed by atoms with Crippen LogP contribution in [0.25, 0.3) is 16.6 Å². The van der Waals surface area contributed by atoms with Gasteiger partial charge in [-0.1, -0.05) is 18.2 Å². The van der Waals surface area contributed by atoms with Crippen molar-refractivity contribution in [3.63, 3.8) is 0 Å². The average Bonchev–Trinajstić information content (AvgIpc) is 2.56. The van der Waals surface area contributed by atoms with Crippen LogP contribution in [-0.4, -0.2) is 9.38 Å². The number of hydrogen-bond acceptors (Lipinski definition) is 1. The van der Waals surface area contributed by atoms with Gasteiger partial charge in [0.25, 0.3) is 0 Å². The zero-order chi connectivity index (χ0) is 12.2. The lowest BCUT2D eigenvalue weighted by molar-refractivity contribution is 1.19. The van der Waals surface area contributed by atoms with Crippen molar-refractivity contribution in [1.29, 1.82) is 0 Å². The molecule has 0 aliphatic rings. The predicted octanol–water partition coefficient (Wildman–Crippen LogP) is 4.18. The summed E-state index contributed by atoms with van der Waals surface area (Å²) < 4.78 is 3.24. The first kappa shape index (κ1) is 10.8. The van der Waals surface area contributed by atoms with Crippen molar-refractivity contribution in [2.24, 2.45) is 0 Å². The number of hydrogen-bond donors (Lipinski definition) is 0. The summed E-state index contributed by atoms with van der Waals surface area (Å²) >= 11 is 3.63. The number of rotatable bonds is 0. The summed E-state index contributed by atoms with van der Waals surface area (Å²) in [6.07, 6.45) is 0. The smallest absolute Gasteiger partial charge is 0.138 e. The first-order valence-electron chi connectivity index (χ1n) is 5.63. The van der Waals surface area contributed by atoms with Crippen molar-refractivity contribution in [3.05, 3.63) is 45.7 Å². The Hall–Kier alpha value is -1.35. The molecule has 17 heavy (non-hydrogen) atoms. The lowest BCUT2D eigenvalue weighted by Gasteiger charge is -2.09. The monoisotopic (exact) mass is 288 g/mol. The summed E-state index contributed by atoms with van der Waals surface area (Å²) in [5.41, 5.74) is 5.83. The van der Waals surface area contributed by atoms with E-state index in [-0.39, 0.29) is 0 Å². The van der Waals surface area contributed by atoms with Crippen molar-refractivity contribution in [1.82, 2.24) is 9.38 Å². The Bertz CT molecular complexity index is 741. The number of nitrogens with zero attached hydrogens (tertiary/aromatic N) is 2. The van der Waals surface area contributed by atoms with Crippen molar-refractivity contribution >= 4 is 32.5 Å². The van der Waals surface area contributed by atoms with Crippen molar-refractivity contribution in [2.45, 2.75) is 20.8 Å². The molecule has 3 aromatic rings. The summed E-state index contributed by atoms with van der Waals surface area (Å²) in [5, 5.41) is 1.29. The minimum absolute atomic E-state index is 1.01. The molecule has 2 nitrogen and oxygen atoms in total. The second-order valence-corrected chi connectivity index (χ2v) is 5.23.